The predicted molar refractivity (Wildman–Crippen MR) is 78.7 cm³/mol. The minimum atomic E-state index is -0.628. The molecule has 1 nitrogen and oxygen atoms in total. The summed E-state index contributed by atoms with van der Waals surface area (Å²) in [4.78, 5) is 0. The van der Waals surface area contributed by atoms with Gasteiger partial charge in [-0.25, -0.2) is 4.39 Å². The van der Waals surface area contributed by atoms with Gasteiger partial charge in [-0.3, -0.25) is 0 Å². The Bertz CT molecular complexity index is 575. The fraction of sp³-hybridized carbons (Fsp3) is 0.250. The Kier molecular flexibility index (Phi) is 4.38. The van der Waals surface area contributed by atoms with Crippen LogP contribution in [0.2, 0.25) is 0 Å². The second kappa shape index (κ2) is 5.85. The van der Waals surface area contributed by atoms with Crippen LogP contribution in [0, 0.1) is 19.7 Å². The van der Waals surface area contributed by atoms with E-state index in [1.54, 1.807) is 6.07 Å². The molecule has 0 spiro atoms. The van der Waals surface area contributed by atoms with Crippen LogP contribution in [0.3, 0.4) is 0 Å². The average molecular weight is 323 g/mol. The standard InChI is InChI=1S/C16H16BrFO/c1-10-5-11(2)7-13(6-10)16(19)9-12-8-14(18)3-4-15(12)17/h3-8,16,19H,9H2,1-2H3. The summed E-state index contributed by atoms with van der Waals surface area (Å²) in [7, 11) is 0. The van der Waals surface area contributed by atoms with Crippen LogP contribution >= 0.6 is 15.9 Å². The lowest BCUT2D eigenvalue weighted by Gasteiger charge is -2.14. The number of rotatable bonds is 3. The molecule has 0 saturated carbocycles. The van der Waals surface area contributed by atoms with E-state index in [0.29, 0.717) is 6.42 Å². The van der Waals surface area contributed by atoms with Crippen LogP contribution < -0.4 is 0 Å². The first-order valence-electron chi connectivity index (χ1n) is 6.16. The van der Waals surface area contributed by atoms with Crippen LogP contribution in [0.5, 0.6) is 0 Å². The minimum Gasteiger partial charge on any atom is -0.388 e. The largest absolute Gasteiger partial charge is 0.388 e. The van der Waals surface area contributed by atoms with Crippen molar-refractivity contribution >= 4 is 15.9 Å². The lowest BCUT2D eigenvalue weighted by molar-refractivity contribution is 0.178. The van der Waals surface area contributed by atoms with Crippen molar-refractivity contribution in [1.82, 2.24) is 0 Å². The number of benzene rings is 2. The van der Waals surface area contributed by atoms with Gasteiger partial charge in [-0.05, 0) is 43.2 Å². The van der Waals surface area contributed by atoms with E-state index in [1.165, 1.54) is 12.1 Å². The lowest BCUT2D eigenvalue weighted by atomic mass is 9.98. The number of aryl methyl sites for hydroxylation is 2. The number of aliphatic hydroxyl groups excluding tert-OH is 1. The molecule has 0 aliphatic carbocycles. The van der Waals surface area contributed by atoms with Crippen molar-refractivity contribution < 1.29 is 9.50 Å². The van der Waals surface area contributed by atoms with Gasteiger partial charge in [-0.2, -0.15) is 0 Å². The predicted octanol–water partition coefficient (Wildman–Crippen LogP) is 4.48. The third kappa shape index (κ3) is 3.64. The van der Waals surface area contributed by atoms with Gasteiger partial charge in [0.1, 0.15) is 5.82 Å². The first-order chi connectivity index (χ1) is 8.95. The van der Waals surface area contributed by atoms with Gasteiger partial charge in [0.25, 0.3) is 0 Å². The molecular weight excluding hydrogens is 307 g/mol. The quantitative estimate of drug-likeness (QED) is 0.883. The van der Waals surface area contributed by atoms with E-state index in [2.05, 4.69) is 22.0 Å². The Labute approximate surface area is 121 Å². The Morgan fingerprint density at radius 2 is 1.74 bits per heavy atom. The first kappa shape index (κ1) is 14.2. The van der Waals surface area contributed by atoms with Crippen LogP contribution in [-0.4, -0.2) is 5.11 Å². The molecule has 0 aliphatic heterocycles. The average Bonchev–Trinajstić information content (AvgIpc) is 2.32. The molecule has 0 aliphatic rings. The molecule has 100 valence electrons. The Hall–Kier alpha value is -1.19. The highest BCUT2D eigenvalue weighted by molar-refractivity contribution is 9.10. The van der Waals surface area contributed by atoms with E-state index < -0.39 is 6.10 Å². The molecule has 3 heteroatoms. The minimum absolute atomic E-state index is 0.286. The summed E-state index contributed by atoms with van der Waals surface area (Å²) >= 11 is 3.38. The van der Waals surface area contributed by atoms with Crippen molar-refractivity contribution in [2.75, 3.05) is 0 Å². The van der Waals surface area contributed by atoms with Crippen LogP contribution in [0.1, 0.15) is 28.4 Å². The fourth-order valence-electron chi connectivity index (χ4n) is 2.23. The summed E-state index contributed by atoms with van der Waals surface area (Å²) in [5, 5.41) is 10.3. The van der Waals surface area contributed by atoms with Gasteiger partial charge in [-0.15, -0.1) is 0 Å². The van der Waals surface area contributed by atoms with Gasteiger partial charge in [0.05, 0.1) is 6.10 Å². The molecule has 1 N–H and O–H groups in total. The van der Waals surface area contributed by atoms with Gasteiger partial charge in [0.2, 0.25) is 0 Å². The normalized spacial score (nSPS) is 12.5. The topological polar surface area (TPSA) is 20.2 Å². The zero-order chi connectivity index (χ0) is 14.0. The van der Waals surface area contributed by atoms with E-state index in [0.717, 1.165) is 26.7 Å². The molecule has 0 heterocycles. The third-order valence-corrected chi connectivity index (χ3v) is 3.82. The molecule has 0 amide bonds. The van der Waals surface area contributed by atoms with E-state index in [9.17, 15) is 9.50 Å². The zero-order valence-corrected chi connectivity index (χ0v) is 12.5. The highest BCUT2D eigenvalue weighted by atomic mass is 79.9. The lowest BCUT2D eigenvalue weighted by Crippen LogP contribution is -2.03. The molecule has 2 aromatic carbocycles. The Balaban J connectivity index is 2.25. The molecule has 0 bridgehead atoms. The monoisotopic (exact) mass is 322 g/mol. The summed E-state index contributed by atoms with van der Waals surface area (Å²) in [5.41, 5.74) is 3.88. The first-order valence-corrected chi connectivity index (χ1v) is 6.95. The van der Waals surface area contributed by atoms with E-state index in [-0.39, 0.29) is 5.82 Å². The number of aliphatic hydroxyl groups is 1. The summed E-state index contributed by atoms with van der Waals surface area (Å²) in [5.74, 6) is -0.286. The molecule has 0 aromatic heterocycles. The number of halogens is 2. The van der Waals surface area contributed by atoms with Crippen LogP contribution in [0.25, 0.3) is 0 Å². The number of hydrogen-bond donors (Lipinski definition) is 1. The van der Waals surface area contributed by atoms with Gasteiger partial charge in [-0.1, -0.05) is 45.3 Å². The maximum Gasteiger partial charge on any atom is 0.123 e. The summed E-state index contributed by atoms with van der Waals surface area (Å²) in [6.07, 6.45) is -0.238. The van der Waals surface area contributed by atoms with Crippen molar-refractivity contribution in [2.24, 2.45) is 0 Å². The maximum atomic E-state index is 13.2. The fourth-order valence-corrected chi connectivity index (χ4v) is 2.64. The molecule has 0 fully saturated rings. The molecule has 0 saturated heterocycles. The van der Waals surface area contributed by atoms with E-state index in [4.69, 9.17) is 0 Å². The summed E-state index contributed by atoms with van der Waals surface area (Å²) < 4.78 is 14.0. The molecule has 19 heavy (non-hydrogen) atoms. The summed E-state index contributed by atoms with van der Waals surface area (Å²) in [6, 6.07) is 10.5. The van der Waals surface area contributed by atoms with Gasteiger partial charge in [0.15, 0.2) is 0 Å². The molecule has 2 aromatic rings. The Morgan fingerprint density at radius 1 is 1.11 bits per heavy atom. The van der Waals surface area contributed by atoms with Crippen molar-refractivity contribution in [1.29, 1.82) is 0 Å². The third-order valence-electron chi connectivity index (χ3n) is 3.05. The van der Waals surface area contributed by atoms with Crippen LogP contribution in [0.4, 0.5) is 4.39 Å². The second-order valence-corrected chi connectivity index (χ2v) is 5.73. The maximum absolute atomic E-state index is 13.2. The number of hydrogen-bond acceptors (Lipinski definition) is 1. The van der Waals surface area contributed by atoms with Gasteiger partial charge >= 0.3 is 0 Å². The molecule has 1 atom stereocenters. The molecular formula is C16H16BrFO. The van der Waals surface area contributed by atoms with E-state index >= 15 is 0 Å². The van der Waals surface area contributed by atoms with Crippen molar-refractivity contribution in [3.8, 4) is 0 Å². The summed E-state index contributed by atoms with van der Waals surface area (Å²) in [6.45, 7) is 4.00. The SMILES string of the molecule is Cc1cc(C)cc(C(O)Cc2cc(F)ccc2Br)c1. The van der Waals surface area contributed by atoms with Crippen molar-refractivity contribution in [2.45, 2.75) is 26.4 Å². The van der Waals surface area contributed by atoms with Crippen molar-refractivity contribution in [3.05, 3.63) is 68.9 Å². The molecule has 0 radical (unpaired) electrons. The molecule has 2 rings (SSSR count). The highest BCUT2D eigenvalue weighted by Crippen LogP contribution is 2.25. The van der Waals surface area contributed by atoms with E-state index in [1.807, 2.05) is 26.0 Å². The zero-order valence-electron chi connectivity index (χ0n) is 11.0. The highest BCUT2D eigenvalue weighted by Gasteiger charge is 2.12. The smallest absolute Gasteiger partial charge is 0.123 e. The van der Waals surface area contributed by atoms with Crippen LogP contribution in [0.15, 0.2) is 40.9 Å². The second-order valence-electron chi connectivity index (χ2n) is 4.88. The molecule has 1 unspecified atom stereocenters. The van der Waals surface area contributed by atoms with Gasteiger partial charge in [0, 0.05) is 10.9 Å². The van der Waals surface area contributed by atoms with Gasteiger partial charge < -0.3 is 5.11 Å². The Morgan fingerprint density at radius 3 is 2.37 bits per heavy atom. The van der Waals surface area contributed by atoms with Crippen LogP contribution in [-0.2, 0) is 6.42 Å². The van der Waals surface area contributed by atoms with Crippen molar-refractivity contribution in [3.63, 3.8) is 0 Å².